The van der Waals surface area contributed by atoms with E-state index < -0.39 is 0 Å². The van der Waals surface area contributed by atoms with Crippen molar-refractivity contribution in [3.8, 4) is 0 Å². The Labute approximate surface area is 111 Å². The average Bonchev–Trinajstić information content (AvgIpc) is 2.79. The van der Waals surface area contributed by atoms with Crippen molar-refractivity contribution in [2.75, 3.05) is 13.2 Å². The third-order valence-corrected chi connectivity index (χ3v) is 5.28. The van der Waals surface area contributed by atoms with Gasteiger partial charge in [-0.3, -0.25) is 0 Å². The first-order valence-electron chi connectivity index (χ1n) is 7.66. The molecule has 2 atom stereocenters. The molecule has 0 aromatic rings. The Hall–Kier alpha value is -0.120. The van der Waals surface area contributed by atoms with Gasteiger partial charge in [0, 0.05) is 18.6 Å². The number of rotatable bonds is 5. The van der Waals surface area contributed by atoms with Gasteiger partial charge in [0.15, 0.2) is 0 Å². The molecule has 1 spiro atoms. The Morgan fingerprint density at radius 1 is 1.28 bits per heavy atom. The van der Waals surface area contributed by atoms with Crippen molar-refractivity contribution in [1.29, 1.82) is 0 Å². The summed E-state index contributed by atoms with van der Waals surface area (Å²) < 4.78 is 6.38. The van der Waals surface area contributed by atoms with Crippen LogP contribution in [0.15, 0.2) is 0 Å². The van der Waals surface area contributed by atoms with Crippen molar-refractivity contribution >= 4 is 0 Å². The highest BCUT2D eigenvalue weighted by Gasteiger charge is 2.43. The molecule has 2 aliphatic rings. The minimum absolute atomic E-state index is 0.120. The maximum Gasteiger partial charge on any atom is 0.0687 e. The van der Waals surface area contributed by atoms with E-state index in [1.54, 1.807) is 0 Å². The first kappa shape index (κ1) is 14.3. The molecule has 1 aliphatic carbocycles. The van der Waals surface area contributed by atoms with Crippen LogP contribution in [0.3, 0.4) is 0 Å². The highest BCUT2D eigenvalue weighted by molar-refractivity contribution is 4.93. The number of aliphatic hydroxyl groups is 1. The van der Waals surface area contributed by atoms with E-state index >= 15 is 0 Å². The zero-order valence-electron chi connectivity index (χ0n) is 11.8. The van der Waals surface area contributed by atoms with Crippen molar-refractivity contribution in [2.24, 2.45) is 11.1 Å². The molecule has 0 bridgehead atoms. The Morgan fingerprint density at radius 2 is 2.00 bits per heavy atom. The number of hydrogen-bond acceptors (Lipinski definition) is 3. The fourth-order valence-electron chi connectivity index (χ4n) is 3.70. The van der Waals surface area contributed by atoms with Gasteiger partial charge < -0.3 is 15.6 Å². The lowest BCUT2D eigenvalue weighted by molar-refractivity contribution is -0.0809. The lowest BCUT2D eigenvalue weighted by Gasteiger charge is -2.36. The molecule has 1 aliphatic heterocycles. The Bertz CT molecular complexity index is 249. The molecule has 0 aromatic carbocycles. The summed E-state index contributed by atoms with van der Waals surface area (Å²) in [6.07, 6.45) is 11.0. The van der Waals surface area contributed by atoms with Gasteiger partial charge in [0.25, 0.3) is 0 Å². The molecule has 2 fully saturated rings. The minimum atomic E-state index is -0.120. The van der Waals surface area contributed by atoms with Crippen LogP contribution in [0.1, 0.15) is 64.7 Å². The molecule has 1 saturated carbocycles. The van der Waals surface area contributed by atoms with Crippen molar-refractivity contribution < 1.29 is 9.84 Å². The summed E-state index contributed by atoms with van der Waals surface area (Å²) in [6.45, 7) is 2.87. The predicted molar refractivity (Wildman–Crippen MR) is 73.4 cm³/mol. The van der Waals surface area contributed by atoms with Gasteiger partial charge in [0.1, 0.15) is 0 Å². The summed E-state index contributed by atoms with van der Waals surface area (Å²) in [5.74, 6) is 0. The molecule has 2 rings (SSSR count). The summed E-state index contributed by atoms with van der Waals surface area (Å²) in [5.41, 5.74) is 5.93. The molecule has 2 unspecified atom stereocenters. The second-order valence-corrected chi connectivity index (χ2v) is 6.44. The lowest BCUT2D eigenvalue weighted by Crippen LogP contribution is -2.38. The van der Waals surface area contributed by atoms with Gasteiger partial charge in [-0.1, -0.05) is 26.2 Å². The number of aliphatic hydroxyl groups excluding tert-OH is 1. The summed E-state index contributed by atoms with van der Waals surface area (Å²) >= 11 is 0. The Kier molecular flexibility index (Phi) is 4.68. The molecule has 0 amide bonds. The minimum Gasteiger partial charge on any atom is -0.396 e. The summed E-state index contributed by atoms with van der Waals surface area (Å²) in [7, 11) is 0. The number of hydrogen-bond donors (Lipinski definition) is 2. The van der Waals surface area contributed by atoms with Crippen molar-refractivity contribution in [1.82, 2.24) is 0 Å². The van der Waals surface area contributed by atoms with Gasteiger partial charge in [0.05, 0.1) is 11.7 Å². The van der Waals surface area contributed by atoms with E-state index in [9.17, 15) is 5.11 Å². The Balaban J connectivity index is 1.92. The largest absolute Gasteiger partial charge is 0.396 e. The fourth-order valence-corrected chi connectivity index (χ4v) is 3.70. The van der Waals surface area contributed by atoms with Crippen LogP contribution in [-0.4, -0.2) is 30.0 Å². The molecule has 18 heavy (non-hydrogen) atoms. The molecule has 3 heteroatoms. The van der Waals surface area contributed by atoms with Crippen LogP contribution < -0.4 is 5.73 Å². The zero-order chi connectivity index (χ0) is 13.1. The van der Waals surface area contributed by atoms with E-state index in [0.717, 1.165) is 19.3 Å². The maximum absolute atomic E-state index is 9.60. The predicted octanol–water partition coefficient (Wildman–Crippen LogP) is 2.61. The first-order chi connectivity index (χ1) is 8.67. The average molecular weight is 255 g/mol. The topological polar surface area (TPSA) is 55.5 Å². The quantitative estimate of drug-likeness (QED) is 0.794. The molecular weight excluding hydrogens is 226 g/mol. The molecule has 0 aromatic heterocycles. The molecule has 0 radical (unpaired) electrons. The van der Waals surface area contributed by atoms with E-state index in [1.165, 1.54) is 38.5 Å². The van der Waals surface area contributed by atoms with Crippen LogP contribution in [0.2, 0.25) is 0 Å². The third-order valence-electron chi connectivity index (χ3n) is 5.28. The summed E-state index contributed by atoms with van der Waals surface area (Å²) in [6, 6.07) is 0. The lowest BCUT2D eigenvalue weighted by atomic mass is 9.79. The summed E-state index contributed by atoms with van der Waals surface area (Å²) in [4.78, 5) is 0. The smallest absolute Gasteiger partial charge is 0.0687 e. The van der Waals surface area contributed by atoms with Crippen molar-refractivity contribution in [3.63, 3.8) is 0 Å². The normalized spacial score (nSPS) is 30.5. The highest BCUT2D eigenvalue weighted by Crippen LogP contribution is 2.44. The number of ether oxygens (including phenoxy) is 1. The van der Waals surface area contributed by atoms with Gasteiger partial charge in [-0.05, 0) is 38.5 Å². The van der Waals surface area contributed by atoms with Crippen LogP contribution in [0.25, 0.3) is 0 Å². The Morgan fingerprint density at radius 3 is 2.56 bits per heavy atom. The molecule has 1 heterocycles. The van der Waals surface area contributed by atoms with Gasteiger partial charge >= 0.3 is 0 Å². The molecule has 1 saturated heterocycles. The molecule has 3 nitrogen and oxygen atoms in total. The van der Waals surface area contributed by atoms with Gasteiger partial charge in [-0.25, -0.2) is 0 Å². The van der Waals surface area contributed by atoms with E-state index in [4.69, 9.17) is 10.5 Å². The first-order valence-corrected chi connectivity index (χ1v) is 7.66. The maximum atomic E-state index is 9.60. The van der Waals surface area contributed by atoms with E-state index in [1.807, 2.05) is 0 Å². The monoisotopic (exact) mass is 255 g/mol. The molecule has 106 valence electrons. The van der Waals surface area contributed by atoms with Crippen LogP contribution in [0.4, 0.5) is 0 Å². The molecular formula is C15H29NO2. The highest BCUT2D eigenvalue weighted by atomic mass is 16.5. The third kappa shape index (κ3) is 2.89. The number of nitrogens with two attached hydrogens (primary N) is 1. The standard InChI is InChI=1S/C15H29NO2/c1-2-14(11-16,12-17)10-13-6-9-15(18-13)7-4-3-5-8-15/h13,17H,2-12,16H2,1H3. The van der Waals surface area contributed by atoms with Crippen LogP contribution in [-0.2, 0) is 4.74 Å². The van der Waals surface area contributed by atoms with Crippen molar-refractivity contribution in [3.05, 3.63) is 0 Å². The SMILES string of the molecule is CCC(CN)(CO)CC1CCC2(CCCCC2)O1. The van der Waals surface area contributed by atoms with E-state index in [-0.39, 0.29) is 17.6 Å². The van der Waals surface area contributed by atoms with Crippen molar-refractivity contribution in [2.45, 2.75) is 76.4 Å². The van der Waals surface area contributed by atoms with Crippen LogP contribution in [0, 0.1) is 5.41 Å². The summed E-state index contributed by atoms with van der Waals surface area (Å²) in [5, 5.41) is 9.60. The van der Waals surface area contributed by atoms with Gasteiger partial charge in [-0.2, -0.15) is 0 Å². The second-order valence-electron chi connectivity index (χ2n) is 6.44. The van der Waals surface area contributed by atoms with Gasteiger partial charge in [-0.15, -0.1) is 0 Å². The molecule has 3 N–H and O–H groups in total. The second kappa shape index (κ2) is 5.89. The van der Waals surface area contributed by atoms with E-state index in [0.29, 0.717) is 12.6 Å². The van der Waals surface area contributed by atoms with Crippen LogP contribution in [0.5, 0.6) is 0 Å². The fraction of sp³-hybridized carbons (Fsp3) is 1.00. The van der Waals surface area contributed by atoms with E-state index in [2.05, 4.69) is 6.92 Å². The zero-order valence-corrected chi connectivity index (χ0v) is 11.8. The van der Waals surface area contributed by atoms with Gasteiger partial charge in [0.2, 0.25) is 0 Å². The van der Waals surface area contributed by atoms with Crippen LogP contribution >= 0.6 is 0 Å².